The molecule has 0 unspecified atom stereocenters. The molecule has 2 saturated heterocycles. The van der Waals surface area contributed by atoms with Gasteiger partial charge in [-0.3, -0.25) is 20.0 Å². The molecule has 2 aliphatic rings. The number of likely N-dealkylation sites (tertiary alicyclic amines) is 2. The lowest BCUT2D eigenvalue weighted by Gasteiger charge is -2.48. The molecule has 1 aromatic carbocycles. The first kappa shape index (κ1) is 26.6. The summed E-state index contributed by atoms with van der Waals surface area (Å²) in [6, 6.07) is 10.1. The Morgan fingerprint density at radius 3 is 2.36 bits per heavy atom. The average Bonchev–Trinajstić information content (AvgIpc) is 2.88. The van der Waals surface area contributed by atoms with Crippen LogP contribution in [0.1, 0.15) is 66.7 Å². The number of nitrogens with zero attached hydrogens (tertiary/aromatic N) is 3. The fraction of sp³-hybridized carbons (Fsp3) is 0.500. The van der Waals surface area contributed by atoms with E-state index in [1.807, 2.05) is 18.7 Å². The summed E-state index contributed by atoms with van der Waals surface area (Å²) in [6.45, 7) is 11.9. The summed E-state index contributed by atoms with van der Waals surface area (Å²) < 4.78 is 1.85. The van der Waals surface area contributed by atoms with Crippen LogP contribution in [0.3, 0.4) is 0 Å². The van der Waals surface area contributed by atoms with E-state index >= 15 is 0 Å². The second-order valence-electron chi connectivity index (χ2n) is 10.1. The van der Waals surface area contributed by atoms with E-state index in [4.69, 9.17) is 4.84 Å². The van der Waals surface area contributed by atoms with E-state index in [0.29, 0.717) is 31.0 Å². The quantitative estimate of drug-likeness (QED) is 0.316. The molecule has 3 heterocycles. The number of aryl methyl sites for hydroxylation is 1. The van der Waals surface area contributed by atoms with Gasteiger partial charge in [0.15, 0.2) is 6.20 Å². The molecule has 36 heavy (non-hydrogen) atoms. The van der Waals surface area contributed by atoms with Crippen LogP contribution in [0.4, 0.5) is 0 Å². The number of hydrogen-bond donors (Lipinski definition) is 1. The minimum atomic E-state index is -0.0257. The third-order valence-corrected chi connectivity index (χ3v) is 8.35. The number of carbonyl (C=O) groups excluding carboxylic acids is 1. The summed E-state index contributed by atoms with van der Waals surface area (Å²) in [5.41, 5.74) is 8.76. The Morgan fingerprint density at radius 2 is 1.75 bits per heavy atom. The van der Waals surface area contributed by atoms with Crippen molar-refractivity contribution in [3.8, 4) is 0 Å². The zero-order chi connectivity index (χ0) is 25.9. The third kappa shape index (κ3) is 5.61. The lowest BCUT2D eigenvalue weighted by Crippen LogP contribution is -2.56. The first-order chi connectivity index (χ1) is 17.2. The molecule has 0 aliphatic carbocycles. The second-order valence-corrected chi connectivity index (χ2v) is 11.0. The highest BCUT2D eigenvalue weighted by Crippen LogP contribution is 2.35. The summed E-state index contributed by atoms with van der Waals surface area (Å²) in [6.07, 6.45) is 5.29. The standard InChI is InChI=1S/C28H37BrN4O3/c1-5-36-30-26(22-6-8-24(29)9-7-22)23-11-15-32(16-12-23)28(4)13-18-31(19-14-28)27(34)25-20(2)10-17-33(35)21(25)3/h6-10,17,30H,5,11-16,18-19H2,1-4H3. The van der Waals surface area contributed by atoms with Gasteiger partial charge in [-0.05, 0) is 75.3 Å². The number of benzene rings is 1. The van der Waals surface area contributed by atoms with Crippen LogP contribution in [-0.4, -0.2) is 54.0 Å². The smallest absolute Gasteiger partial charge is 0.260 e. The predicted molar refractivity (Wildman–Crippen MR) is 145 cm³/mol. The van der Waals surface area contributed by atoms with Gasteiger partial charge in [0.2, 0.25) is 5.69 Å². The molecule has 2 aromatic rings. The molecule has 2 aliphatic heterocycles. The molecule has 194 valence electrons. The van der Waals surface area contributed by atoms with Crippen LogP contribution < -0.4 is 10.2 Å². The van der Waals surface area contributed by atoms with Crippen LogP contribution in [0.25, 0.3) is 5.70 Å². The predicted octanol–water partition coefficient (Wildman–Crippen LogP) is 4.74. The second kappa shape index (κ2) is 11.3. The van der Waals surface area contributed by atoms with E-state index in [0.717, 1.165) is 64.8 Å². The largest absolute Gasteiger partial charge is 0.618 e. The molecule has 0 atom stereocenters. The maximum atomic E-state index is 13.3. The van der Waals surface area contributed by atoms with Gasteiger partial charge in [-0.1, -0.05) is 28.1 Å². The van der Waals surface area contributed by atoms with E-state index < -0.39 is 0 Å². The van der Waals surface area contributed by atoms with Crippen molar-refractivity contribution in [2.45, 2.75) is 58.9 Å². The minimum absolute atomic E-state index is 0.0257. The molecule has 1 aromatic heterocycles. The van der Waals surface area contributed by atoms with Gasteiger partial charge in [0.25, 0.3) is 5.91 Å². The topological polar surface area (TPSA) is 71.8 Å². The van der Waals surface area contributed by atoms with Crippen molar-refractivity contribution in [2.75, 3.05) is 32.8 Å². The zero-order valence-corrected chi connectivity index (χ0v) is 23.4. The molecule has 2 fully saturated rings. The number of amides is 1. The van der Waals surface area contributed by atoms with Crippen molar-refractivity contribution in [1.29, 1.82) is 0 Å². The van der Waals surface area contributed by atoms with Crippen LogP contribution in [-0.2, 0) is 4.84 Å². The summed E-state index contributed by atoms with van der Waals surface area (Å²) in [7, 11) is 0. The number of pyridine rings is 1. The van der Waals surface area contributed by atoms with Crippen molar-refractivity contribution in [1.82, 2.24) is 15.3 Å². The highest BCUT2D eigenvalue weighted by Gasteiger charge is 2.39. The third-order valence-electron chi connectivity index (χ3n) is 7.82. The van der Waals surface area contributed by atoms with Crippen LogP contribution in [0.5, 0.6) is 0 Å². The monoisotopic (exact) mass is 556 g/mol. The van der Waals surface area contributed by atoms with Crippen molar-refractivity contribution in [3.63, 3.8) is 0 Å². The van der Waals surface area contributed by atoms with Crippen LogP contribution in [0.15, 0.2) is 46.6 Å². The maximum Gasteiger partial charge on any atom is 0.260 e. The van der Waals surface area contributed by atoms with E-state index in [1.165, 1.54) is 11.8 Å². The van der Waals surface area contributed by atoms with Crippen LogP contribution in [0, 0.1) is 19.1 Å². The van der Waals surface area contributed by atoms with Gasteiger partial charge >= 0.3 is 0 Å². The molecule has 8 heteroatoms. The summed E-state index contributed by atoms with van der Waals surface area (Å²) in [5.74, 6) is -0.0257. The fourth-order valence-corrected chi connectivity index (χ4v) is 5.69. The highest BCUT2D eigenvalue weighted by atomic mass is 79.9. The molecular weight excluding hydrogens is 520 g/mol. The van der Waals surface area contributed by atoms with E-state index in [2.05, 4.69) is 57.5 Å². The van der Waals surface area contributed by atoms with Crippen molar-refractivity contribution in [3.05, 3.63) is 74.2 Å². The molecule has 0 spiro atoms. The molecule has 0 bridgehead atoms. The van der Waals surface area contributed by atoms with Crippen molar-refractivity contribution < 1.29 is 14.4 Å². The lowest BCUT2D eigenvalue weighted by atomic mass is 9.84. The number of hydrogen-bond acceptors (Lipinski definition) is 5. The van der Waals surface area contributed by atoms with Gasteiger partial charge in [-0.15, -0.1) is 0 Å². The molecule has 1 N–H and O–H groups in total. The van der Waals surface area contributed by atoms with E-state index in [1.54, 1.807) is 13.0 Å². The van der Waals surface area contributed by atoms with Gasteiger partial charge < -0.3 is 10.1 Å². The van der Waals surface area contributed by atoms with E-state index in [-0.39, 0.29) is 11.4 Å². The Bertz CT molecular complexity index is 1110. The molecule has 1 amide bonds. The summed E-state index contributed by atoms with van der Waals surface area (Å²) in [4.78, 5) is 23.4. The minimum Gasteiger partial charge on any atom is -0.618 e. The van der Waals surface area contributed by atoms with Gasteiger partial charge in [-0.25, -0.2) is 0 Å². The Labute approximate surface area is 222 Å². The number of hydroxylamine groups is 1. The molecule has 7 nitrogen and oxygen atoms in total. The lowest BCUT2D eigenvalue weighted by molar-refractivity contribution is -0.612. The number of piperidine rings is 2. The number of halogens is 1. The van der Waals surface area contributed by atoms with Gasteiger partial charge in [0.05, 0.1) is 12.3 Å². The maximum absolute atomic E-state index is 13.3. The number of aromatic nitrogens is 1. The molecule has 4 rings (SSSR count). The number of nitrogens with one attached hydrogen (secondary N) is 1. The Hall–Kier alpha value is -2.42. The Morgan fingerprint density at radius 1 is 1.11 bits per heavy atom. The van der Waals surface area contributed by atoms with Crippen molar-refractivity contribution in [2.24, 2.45) is 0 Å². The van der Waals surface area contributed by atoms with Gasteiger partial charge in [-0.2, -0.15) is 4.73 Å². The number of rotatable bonds is 6. The summed E-state index contributed by atoms with van der Waals surface area (Å²) >= 11 is 3.52. The first-order valence-electron chi connectivity index (χ1n) is 12.8. The molecule has 0 radical (unpaired) electrons. The summed E-state index contributed by atoms with van der Waals surface area (Å²) in [5, 5.41) is 12.0. The fourth-order valence-electron chi connectivity index (χ4n) is 5.42. The van der Waals surface area contributed by atoms with Crippen molar-refractivity contribution >= 4 is 27.5 Å². The number of carbonyl (C=O) groups is 1. The SMILES string of the molecule is CCONC(=C1CCN(C2(C)CCN(C(=O)c3c(C)cc[n+]([O-])c3C)CC2)CC1)c1ccc(Br)cc1. The average molecular weight is 558 g/mol. The van der Waals surface area contributed by atoms with Gasteiger partial charge in [0, 0.05) is 49.2 Å². The highest BCUT2D eigenvalue weighted by molar-refractivity contribution is 9.10. The van der Waals surface area contributed by atoms with Gasteiger partial charge in [0.1, 0.15) is 5.56 Å². The molecular formula is C28H37BrN4O3. The van der Waals surface area contributed by atoms with E-state index in [9.17, 15) is 10.0 Å². The Balaban J connectivity index is 1.41. The van der Waals surface area contributed by atoms with Crippen LogP contribution >= 0.6 is 15.9 Å². The molecule has 0 saturated carbocycles. The zero-order valence-electron chi connectivity index (χ0n) is 21.8. The normalized spacial score (nSPS) is 18.2. The first-order valence-corrected chi connectivity index (χ1v) is 13.6. The van der Waals surface area contributed by atoms with Crippen LogP contribution in [0.2, 0.25) is 0 Å². The Kier molecular flexibility index (Phi) is 8.37.